The summed E-state index contributed by atoms with van der Waals surface area (Å²) in [5.41, 5.74) is 2.13. The highest BCUT2D eigenvalue weighted by Gasteiger charge is 2.25. The van der Waals surface area contributed by atoms with Gasteiger partial charge in [-0.3, -0.25) is 9.59 Å². The number of hydrogen-bond donors (Lipinski definition) is 2. The van der Waals surface area contributed by atoms with Crippen molar-refractivity contribution in [1.29, 1.82) is 0 Å². The summed E-state index contributed by atoms with van der Waals surface area (Å²) in [6.07, 6.45) is 1.61. The number of benzene rings is 2. The van der Waals surface area contributed by atoms with Gasteiger partial charge in [0.1, 0.15) is 0 Å². The van der Waals surface area contributed by atoms with E-state index in [1.165, 1.54) is 25.2 Å². The second-order valence-corrected chi connectivity index (χ2v) is 9.37. The lowest BCUT2D eigenvalue weighted by atomic mass is 10.1. The molecule has 0 atom stereocenters. The number of nitrogens with zero attached hydrogens (tertiary/aromatic N) is 1. The summed E-state index contributed by atoms with van der Waals surface area (Å²) in [6, 6.07) is 10.6. The molecule has 0 spiro atoms. The molecule has 0 bridgehead atoms. The topological polar surface area (TPSA) is 122 Å². The van der Waals surface area contributed by atoms with Gasteiger partial charge in [-0.1, -0.05) is 0 Å². The van der Waals surface area contributed by atoms with Gasteiger partial charge < -0.3 is 15.4 Å². The molecule has 2 aromatic carbocycles. The number of rotatable bonds is 7. The van der Waals surface area contributed by atoms with Crippen molar-refractivity contribution >= 4 is 39.2 Å². The Morgan fingerprint density at radius 1 is 1.12 bits per heavy atom. The van der Waals surface area contributed by atoms with E-state index in [4.69, 9.17) is 4.74 Å². The zero-order chi connectivity index (χ0) is 23.3. The minimum atomic E-state index is -3.91. The van der Waals surface area contributed by atoms with E-state index in [2.05, 4.69) is 10.6 Å². The number of ether oxygens (including phenoxy) is 1. The molecular weight excluding hydrogens is 434 g/mol. The van der Waals surface area contributed by atoms with Crippen molar-refractivity contribution in [2.75, 3.05) is 30.8 Å². The number of likely N-dealkylation sites (N-methyl/N-ethyl adjacent to an activating group) is 1. The summed E-state index contributed by atoms with van der Waals surface area (Å²) in [5, 5.41) is 5.38. The van der Waals surface area contributed by atoms with E-state index < -0.39 is 28.4 Å². The number of fused-ring (bicyclic) bond motifs is 1. The molecule has 2 N–H and O–H groups in total. The van der Waals surface area contributed by atoms with Crippen LogP contribution in [0.25, 0.3) is 0 Å². The van der Waals surface area contributed by atoms with Gasteiger partial charge in [-0.2, -0.15) is 4.31 Å². The number of nitrogens with one attached hydrogen (secondary N) is 2. The van der Waals surface area contributed by atoms with Crippen molar-refractivity contribution < 1.29 is 27.5 Å². The highest BCUT2D eigenvalue weighted by atomic mass is 32.2. The molecule has 0 unspecified atom stereocenters. The summed E-state index contributed by atoms with van der Waals surface area (Å²) in [6.45, 7) is 1.58. The van der Waals surface area contributed by atoms with Gasteiger partial charge in [0, 0.05) is 24.8 Å². The fourth-order valence-electron chi connectivity index (χ4n) is 3.28. The second kappa shape index (κ2) is 9.92. The van der Waals surface area contributed by atoms with Crippen molar-refractivity contribution in [3.8, 4) is 0 Å². The van der Waals surface area contributed by atoms with Gasteiger partial charge in [0.15, 0.2) is 0 Å². The molecule has 0 aromatic heterocycles. The van der Waals surface area contributed by atoms with E-state index in [1.54, 1.807) is 31.2 Å². The largest absolute Gasteiger partial charge is 0.462 e. The number of amides is 2. The van der Waals surface area contributed by atoms with E-state index in [1.807, 2.05) is 0 Å². The van der Waals surface area contributed by atoms with Crippen LogP contribution in [0.3, 0.4) is 0 Å². The van der Waals surface area contributed by atoms with Gasteiger partial charge in [0.25, 0.3) is 0 Å². The van der Waals surface area contributed by atoms with E-state index in [0.717, 1.165) is 9.87 Å². The van der Waals surface area contributed by atoms with Crippen LogP contribution in [0.2, 0.25) is 0 Å². The smallest absolute Gasteiger partial charge is 0.338 e. The van der Waals surface area contributed by atoms with Gasteiger partial charge in [-0.25, -0.2) is 13.2 Å². The average molecular weight is 460 g/mol. The molecule has 1 heterocycles. The Hall–Kier alpha value is -3.24. The highest BCUT2D eigenvalue weighted by molar-refractivity contribution is 7.89. The Kier molecular flexibility index (Phi) is 7.26. The monoisotopic (exact) mass is 459 g/mol. The first-order valence-corrected chi connectivity index (χ1v) is 11.6. The number of carbonyl (C=O) groups excluding carboxylic acids is 3. The number of carbonyl (C=O) groups is 3. The second-order valence-electron chi connectivity index (χ2n) is 7.33. The van der Waals surface area contributed by atoms with Gasteiger partial charge >= 0.3 is 5.97 Å². The third-order valence-corrected chi connectivity index (χ3v) is 6.75. The van der Waals surface area contributed by atoms with Crippen molar-refractivity contribution in [2.24, 2.45) is 0 Å². The number of sulfonamides is 1. The third-order valence-electron chi connectivity index (χ3n) is 4.95. The summed E-state index contributed by atoms with van der Waals surface area (Å²) >= 11 is 0. The molecule has 0 aliphatic carbocycles. The van der Waals surface area contributed by atoms with E-state index in [-0.39, 0.29) is 17.4 Å². The molecule has 3 rings (SSSR count). The minimum Gasteiger partial charge on any atom is -0.462 e. The van der Waals surface area contributed by atoms with Crippen molar-refractivity contribution in [3.63, 3.8) is 0 Å². The third kappa shape index (κ3) is 5.51. The van der Waals surface area contributed by atoms with Crippen LogP contribution >= 0.6 is 0 Å². The van der Waals surface area contributed by atoms with E-state index in [0.29, 0.717) is 36.2 Å². The van der Waals surface area contributed by atoms with Crippen molar-refractivity contribution in [1.82, 2.24) is 4.31 Å². The number of aryl methyl sites for hydroxylation is 1. The lowest BCUT2D eigenvalue weighted by Gasteiger charge is -2.18. The predicted molar refractivity (Wildman–Crippen MR) is 119 cm³/mol. The predicted octanol–water partition coefficient (Wildman–Crippen LogP) is 2.40. The maximum absolute atomic E-state index is 12.9. The standard InChI is InChI=1S/C22H25N3O6S/c1-3-31-22(28)15-7-9-17(10-8-15)23-21(27)14-25(2)32(29,30)18-11-12-19-16(13-18)5-4-6-20(26)24-19/h7-13H,3-6,14H2,1-2H3,(H,23,27)(H,24,26). The Morgan fingerprint density at radius 3 is 2.53 bits per heavy atom. The molecule has 0 fully saturated rings. The minimum absolute atomic E-state index is 0.0569. The molecule has 0 radical (unpaired) electrons. The summed E-state index contributed by atoms with van der Waals surface area (Å²) in [7, 11) is -2.59. The first kappa shape index (κ1) is 23.4. The average Bonchev–Trinajstić information content (AvgIpc) is 2.94. The van der Waals surface area contributed by atoms with Crippen LogP contribution in [0.5, 0.6) is 0 Å². The first-order chi connectivity index (χ1) is 15.2. The number of hydrogen-bond acceptors (Lipinski definition) is 6. The molecule has 1 aliphatic heterocycles. The van der Waals surface area contributed by atoms with E-state index in [9.17, 15) is 22.8 Å². The van der Waals surface area contributed by atoms with Crippen LogP contribution in [0.15, 0.2) is 47.4 Å². The molecule has 32 heavy (non-hydrogen) atoms. The molecule has 9 nitrogen and oxygen atoms in total. The normalized spacial score (nSPS) is 13.7. The maximum atomic E-state index is 12.9. The molecule has 170 valence electrons. The Morgan fingerprint density at radius 2 is 1.84 bits per heavy atom. The Bertz CT molecular complexity index is 1130. The van der Waals surface area contributed by atoms with Crippen LogP contribution in [0.4, 0.5) is 11.4 Å². The van der Waals surface area contributed by atoms with Crippen LogP contribution in [0, 0.1) is 0 Å². The molecule has 10 heteroatoms. The van der Waals surface area contributed by atoms with Crippen molar-refractivity contribution in [3.05, 3.63) is 53.6 Å². The fraction of sp³-hybridized carbons (Fsp3) is 0.318. The lowest BCUT2D eigenvalue weighted by Crippen LogP contribution is -2.35. The molecule has 0 saturated heterocycles. The lowest BCUT2D eigenvalue weighted by molar-refractivity contribution is -0.117. The first-order valence-electron chi connectivity index (χ1n) is 10.2. The zero-order valence-corrected chi connectivity index (χ0v) is 18.7. The molecule has 1 aliphatic rings. The maximum Gasteiger partial charge on any atom is 0.338 e. The summed E-state index contributed by atoms with van der Waals surface area (Å²) in [5.74, 6) is -1.08. The van der Waals surface area contributed by atoms with Crippen LogP contribution in [-0.2, 0) is 30.8 Å². The van der Waals surface area contributed by atoms with Gasteiger partial charge in [-0.05, 0) is 67.8 Å². The number of esters is 1. The quantitative estimate of drug-likeness (QED) is 0.613. The molecule has 2 aromatic rings. The zero-order valence-electron chi connectivity index (χ0n) is 17.9. The fourth-order valence-corrected chi connectivity index (χ4v) is 4.46. The van der Waals surface area contributed by atoms with Gasteiger partial charge in [-0.15, -0.1) is 0 Å². The Balaban J connectivity index is 1.66. The molecule has 2 amide bonds. The summed E-state index contributed by atoms with van der Waals surface area (Å²) < 4.78 is 31.8. The van der Waals surface area contributed by atoms with Crippen LogP contribution < -0.4 is 10.6 Å². The van der Waals surface area contributed by atoms with E-state index >= 15 is 0 Å². The summed E-state index contributed by atoms with van der Waals surface area (Å²) in [4.78, 5) is 35.8. The number of anilines is 2. The highest BCUT2D eigenvalue weighted by Crippen LogP contribution is 2.26. The molecular formula is C22H25N3O6S. The van der Waals surface area contributed by atoms with Gasteiger partial charge in [0.2, 0.25) is 21.8 Å². The van der Waals surface area contributed by atoms with Crippen LogP contribution in [-0.4, -0.2) is 50.7 Å². The Labute approximate surface area is 186 Å². The molecule has 0 saturated carbocycles. The van der Waals surface area contributed by atoms with Crippen molar-refractivity contribution in [2.45, 2.75) is 31.1 Å². The van der Waals surface area contributed by atoms with Gasteiger partial charge in [0.05, 0.1) is 23.6 Å². The van der Waals surface area contributed by atoms with Crippen LogP contribution in [0.1, 0.15) is 35.7 Å². The SMILES string of the molecule is CCOC(=O)c1ccc(NC(=O)CN(C)S(=O)(=O)c2ccc3c(c2)CCCC(=O)N3)cc1.